The molecule has 4 rings (SSSR count). The van der Waals surface area contributed by atoms with Crippen LogP contribution in [-0.4, -0.2) is 68.3 Å². The van der Waals surface area contributed by atoms with Gasteiger partial charge in [-0.15, -0.1) is 0 Å². The molecule has 3 aromatic rings. The molecule has 1 heterocycles. The molecule has 1 atom stereocenters. The first-order valence-electron chi connectivity index (χ1n) is 12.1. The SMILES string of the molecule is CS(=O)(=O)N(c1cc(Cl)cc(C(=O)NC[C@H](O)C(N)=O)c1)C1CN(C(c2ccc(Cl)cc2)c2ccc(Cl)cc2)C1. The zero-order chi connectivity index (χ0) is 29.2. The molecule has 0 spiro atoms. The molecule has 13 heteroatoms. The van der Waals surface area contributed by atoms with Crippen LogP contribution < -0.4 is 15.4 Å². The van der Waals surface area contributed by atoms with Crippen molar-refractivity contribution < 1.29 is 23.1 Å². The van der Waals surface area contributed by atoms with Gasteiger partial charge in [0.15, 0.2) is 0 Å². The Labute approximate surface area is 247 Å². The first-order chi connectivity index (χ1) is 18.8. The molecule has 1 fully saturated rings. The standard InChI is InChI=1S/C27H27Cl3N4O5S/c1-40(38,39)34(22-11-18(10-21(30)12-22)27(37)32-13-24(35)26(31)36)23-14-33(15-23)25(16-2-6-19(28)7-3-16)17-4-8-20(29)9-5-17/h2-12,23-25,35H,13-15H2,1H3,(H2,31,36)(H,32,37)/t24-/m0/s1. The van der Waals surface area contributed by atoms with E-state index < -0.39 is 40.5 Å². The number of likely N-dealkylation sites (tertiary alicyclic amines) is 1. The summed E-state index contributed by atoms with van der Waals surface area (Å²) in [6, 6.07) is 18.6. The van der Waals surface area contributed by atoms with E-state index in [0.29, 0.717) is 23.1 Å². The van der Waals surface area contributed by atoms with Crippen LogP contribution >= 0.6 is 34.8 Å². The number of benzene rings is 3. The summed E-state index contributed by atoms with van der Waals surface area (Å²) < 4.78 is 27.2. The molecule has 0 radical (unpaired) electrons. The third kappa shape index (κ3) is 7.06. The number of aliphatic hydroxyl groups is 1. The quantitative estimate of drug-likeness (QED) is 0.316. The van der Waals surface area contributed by atoms with Crippen LogP contribution in [0.3, 0.4) is 0 Å². The van der Waals surface area contributed by atoms with E-state index in [9.17, 15) is 23.1 Å². The number of carbonyl (C=O) groups is 2. The molecule has 1 saturated heterocycles. The molecule has 9 nitrogen and oxygen atoms in total. The highest BCUT2D eigenvalue weighted by Crippen LogP contribution is 2.37. The van der Waals surface area contributed by atoms with E-state index in [1.807, 2.05) is 24.3 Å². The van der Waals surface area contributed by atoms with E-state index in [4.69, 9.17) is 40.5 Å². The van der Waals surface area contributed by atoms with Gasteiger partial charge in [-0.2, -0.15) is 0 Å². The molecular formula is C27H27Cl3N4O5S. The molecular weight excluding hydrogens is 599 g/mol. The fourth-order valence-corrected chi connectivity index (χ4v) is 6.29. The molecule has 0 saturated carbocycles. The highest BCUT2D eigenvalue weighted by Gasteiger charge is 2.41. The number of hydrogen-bond acceptors (Lipinski definition) is 6. The number of anilines is 1. The van der Waals surface area contributed by atoms with Crippen molar-refractivity contribution in [3.63, 3.8) is 0 Å². The van der Waals surface area contributed by atoms with Gasteiger partial charge in [-0.1, -0.05) is 59.1 Å². The minimum Gasteiger partial charge on any atom is -0.381 e. The van der Waals surface area contributed by atoms with E-state index in [1.165, 1.54) is 22.5 Å². The molecule has 0 unspecified atom stereocenters. The fraction of sp³-hybridized carbons (Fsp3) is 0.259. The summed E-state index contributed by atoms with van der Waals surface area (Å²) in [6.07, 6.45) is -0.472. The Morgan fingerprint density at radius 3 is 1.98 bits per heavy atom. The summed E-state index contributed by atoms with van der Waals surface area (Å²) in [5, 5.41) is 13.3. The maximum Gasteiger partial charge on any atom is 0.251 e. The van der Waals surface area contributed by atoms with E-state index in [1.54, 1.807) is 24.3 Å². The third-order valence-corrected chi connectivity index (χ3v) is 8.45. The smallest absolute Gasteiger partial charge is 0.251 e. The summed E-state index contributed by atoms with van der Waals surface area (Å²) in [7, 11) is -3.78. The van der Waals surface area contributed by atoms with Gasteiger partial charge >= 0.3 is 0 Å². The van der Waals surface area contributed by atoms with Crippen molar-refractivity contribution in [2.45, 2.75) is 18.2 Å². The summed E-state index contributed by atoms with van der Waals surface area (Å²) in [6.45, 7) is 0.379. The maximum absolute atomic E-state index is 13.0. The van der Waals surface area contributed by atoms with Gasteiger partial charge < -0.3 is 16.2 Å². The number of carbonyl (C=O) groups excluding carboxylic acids is 2. The predicted molar refractivity (Wildman–Crippen MR) is 156 cm³/mol. The van der Waals surface area contributed by atoms with Crippen molar-refractivity contribution in [1.82, 2.24) is 10.2 Å². The lowest BCUT2D eigenvalue weighted by Crippen LogP contribution is -2.61. The number of nitrogens with two attached hydrogens (primary N) is 1. The highest BCUT2D eigenvalue weighted by molar-refractivity contribution is 7.92. The average molecular weight is 626 g/mol. The normalized spacial score (nSPS) is 14.9. The highest BCUT2D eigenvalue weighted by atomic mass is 35.5. The third-order valence-electron chi connectivity index (χ3n) is 6.50. The molecule has 0 aliphatic carbocycles. The topological polar surface area (TPSA) is 133 Å². The molecule has 40 heavy (non-hydrogen) atoms. The van der Waals surface area contributed by atoms with Gasteiger partial charge in [-0.25, -0.2) is 8.42 Å². The molecule has 3 aromatic carbocycles. The van der Waals surface area contributed by atoms with Crippen LogP contribution in [0.4, 0.5) is 5.69 Å². The van der Waals surface area contributed by atoms with Crippen molar-refractivity contribution in [2.24, 2.45) is 5.73 Å². The van der Waals surface area contributed by atoms with Crippen LogP contribution in [0, 0.1) is 0 Å². The number of aliphatic hydroxyl groups excluding tert-OH is 1. The Morgan fingerprint density at radius 1 is 0.975 bits per heavy atom. The molecule has 1 aliphatic heterocycles. The van der Waals surface area contributed by atoms with Crippen LogP contribution in [0.25, 0.3) is 0 Å². The van der Waals surface area contributed by atoms with Crippen LogP contribution in [0.5, 0.6) is 0 Å². The first kappa shape index (κ1) is 30.1. The minimum absolute atomic E-state index is 0.0594. The van der Waals surface area contributed by atoms with Crippen LogP contribution in [0.2, 0.25) is 15.1 Å². The summed E-state index contributed by atoms with van der Waals surface area (Å²) in [4.78, 5) is 25.9. The lowest BCUT2D eigenvalue weighted by molar-refractivity contribution is -0.125. The zero-order valence-electron chi connectivity index (χ0n) is 21.3. The molecule has 212 valence electrons. The average Bonchev–Trinajstić information content (AvgIpc) is 2.86. The molecule has 0 bridgehead atoms. The van der Waals surface area contributed by atoms with Crippen molar-refractivity contribution >= 4 is 62.3 Å². The van der Waals surface area contributed by atoms with Gasteiger partial charge in [0.2, 0.25) is 15.9 Å². The van der Waals surface area contributed by atoms with Crippen molar-refractivity contribution in [2.75, 3.05) is 30.2 Å². The van der Waals surface area contributed by atoms with Gasteiger partial charge in [0.25, 0.3) is 5.91 Å². The Morgan fingerprint density at radius 2 is 1.50 bits per heavy atom. The Balaban J connectivity index is 1.60. The number of amides is 2. The number of hydrogen-bond donors (Lipinski definition) is 3. The largest absolute Gasteiger partial charge is 0.381 e. The lowest BCUT2D eigenvalue weighted by atomic mass is 9.93. The number of sulfonamides is 1. The van der Waals surface area contributed by atoms with Gasteiger partial charge in [-0.05, 0) is 53.6 Å². The number of rotatable bonds is 10. The second-order valence-corrected chi connectivity index (χ2v) is 12.7. The van der Waals surface area contributed by atoms with Gasteiger partial charge in [-0.3, -0.25) is 18.8 Å². The molecule has 0 aromatic heterocycles. The van der Waals surface area contributed by atoms with Crippen molar-refractivity contribution in [3.05, 3.63) is 98.5 Å². The second kappa shape index (κ2) is 12.3. The monoisotopic (exact) mass is 624 g/mol. The summed E-state index contributed by atoms with van der Waals surface area (Å²) in [5.74, 6) is -1.64. The number of halogens is 3. The van der Waals surface area contributed by atoms with E-state index in [-0.39, 0.29) is 22.3 Å². The number of nitrogens with zero attached hydrogens (tertiary/aromatic N) is 2. The van der Waals surface area contributed by atoms with E-state index in [0.717, 1.165) is 17.4 Å². The van der Waals surface area contributed by atoms with Crippen LogP contribution in [0.15, 0.2) is 66.7 Å². The van der Waals surface area contributed by atoms with Gasteiger partial charge in [0.1, 0.15) is 6.10 Å². The van der Waals surface area contributed by atoms with Crippen LogP contribution in [-0.2, 0) is 14.8 Å². The fourth-order valence-electron chi connectivity index (χ4n) is 4.65. The van der Waals surface area contributed by atoms with Crippen molar-refractivity contribution in [1.29, 1.82) is 0 Å². The number of primary amides is 1. The molecule has 1 aliphatic rings. The summed E-state index contributed by atoms with van der Waals surface area (Å²) in [5.41, 5.74) is 7.26. The van der Waals surface area contributed by atoms with Crippen molar-refractivity contribution in [3.8, 4) is 0 Å². The minimum atomic E-state index is -3.78. The molecule has 4 N–H and O–H groups in total. The summed E-state index contributed by atoms with van der Waals surface area (Å²) >= 11 is 18.5. The zero-order valence-corrected chi connectivity index (χ0v) is 24.4. The molecule has 2 amide bonds. The predicted octanol–water partition coefficient (Wildman–Crippen LogP) is 3.46. The number of nitrogens with one attached hydrogen (secondary N) is 1. The second-order valence-electron chi connectivity index (χ2n) is 9.50. The Hall–Kier alpha value is -2.86. The van der Waals surface area contributed by atoms with Gasteiger partial charge in [0.05, 0.1) is 30.6 Å². The Bertz CT molecular complexity index is 1450. The first-order valence-corrected chi connectivity index (χ1v) is 15.1. The van der Waals surface area contributed by atoms with E-state index >= 15 is 0 Å². The maximum atomic E-state index is 13.0. The van der Waals surface area contributed by atoms with Gasteiger partial charge in [0, 0.05) is 33.7 Å². The van der Waals surface area contributed by atoms with E-state index in [2.05, 4.69) is 10.2 Å². The Kier molecular flexibility index (Phi) is 9.29. The lowest BCUT2D eigenvalue weighted by Gasteiger charge is -2.48. The van der Waals surface area contributed by atoms with Crippen LogP contribution in [0.1, 0.15) is 27.5 Å².